The molecule has 0 heterocycles. The first-order chi connectivity index (χ1) is 9.31. The fourth-order valence-corrected chi connectivity index (χ4v) is 1.48. The standard InChI is InChI=1S/C11H19N3O6/c1-3-4-13(5-8(15)12-2)11(20)14(6-9(16)17)7-10(18)19/h3-7H2,1-2H3,(H,12,15)(H,16,17)(H,18,19). The van der Waals surface area contributed by atoms with E-state index in [-0.39, 0.29) is 13.1 Å². The highest BCUT2D eigenvalue weighted by atomic mass is 16.4. The second-order valence-corrected chi connectivity index (χ2v) is 4.02. The number of aliphatic carboxylic acids is 2. The molecule has 0 atom stereocenters. The molecule has 0 aliphatic rings. The topological polar surface area (TPSA) is 127 Å². The quantitative estimate of drug-likeness (QED) is 0.528. The van der Waals surface area contributed by atoms with Gasteiger partial charge in [-0.15, -0.1) is 0 Å². The zero-order chi connectivity index (χ0) is 15.7. The summed E-state index contributed by atoms with van der Waals surface area (Å²) in [6.07, 6.45) is 0.552. The van der Waals surface area contributed by atoms with Crippen molar-refractivity contribution in [1.82, 2.24) is 15.1 Å². The molecule has 0 aromatic carbocycles. The van der Waals surface area contributed by atoms with Crippen molar-refractivity contribution in [3.63, 3.8) is 0 Å². The molecule has 0 bridgehead atoms. The molecule has 3 amide bonds. The van der Waals surface area contributed by atoms with Crippen molar-refractivity contribution < 1.29 is 29.4 Å². The van der Waals surface area contributed by atoms with Gasteiger partial charge >= 0.3 is 18.0 Å². The van der Waals surface area contributed by atoms with Crippen LogP contribution in [0.25, 0.3) is 0 Å². The van der Waals surface area contributed by atoms with Crippen molar-refractivity contribution in [3.05, 3.63) is 0 Å². The van der Waals surface area contributed by atoms with Crippen LogP contribution >= 0.6 is 0 Å². The van der Waals surface area contributed by atoms with Gasteiger partial charge in [-0.2, -0.15) is 0 Å². The van der Waals surface area contributed by atoms with Crippen molar-refractivity contribution in [1.29, 1.82) is 0 Å². The van der Waals surface area contributed by atoms with Gasteiger partial charge in [0.1, 0.15) is 19.6 Å². The number of carbonyl (C=O) groups is 4. The minimum absolute atomic E-state index is 0.224. The van der Waals surface area contributed by atoms with Gasteiger partial charge in [0.15, 0.2) is 0 Å². The largest absolute Gasteiger partial charge is 0.480 e. The summed E-state index contributed by atoms with van der Waals surface area (Å²) in [6, 6.07) is -0.791. The molecule has 0 fully saturated rings. The van der Waals surface area contributed by atoms with E-state index in [2.05, 4.69) is 5.32 Å². The number of likely N-dealkylation sites (N-methyl/N-ethyl adjacent to an activating group) is 1. The third-order valence-electron chi connectivity index (χ3n) is 2.30. The zero-order valence-corrected chi connectivity index (χ0v) is 11.5. The molecule has 114 valence electrons. The number of carboxylic acids is 2. The lowest BCUT2D eigenvalue weighted by Gasteiger charge is -2.28. The molecular weight excluding hydrogens is 270 g/mol. The second-order valence-electron chi connectivity index (χ2n) is 4.02. The Bertz CT molecular complexity index is 368. The molecule has 0 aromatic heterocycles. The maximum absolute atomic E-state index is 12.1. The van der Waals surface area contributed by atoms with Crippen LogP contribution in [0.3, 0.4) is 0 Å². The Balaban J connectivity index is 4.97. The molecule has 0 saturated carbocycles. The minimum atomic E-state index is -1.32. The Morgan fingerprint density at radius 2 is 1.45 bits per heavy atom. The zero-order valence-electron chi connectivity index (χ0n) is 11.5. The van der Waals surface area contributed by atoms with Gasteiger partial charge in [-0.1, -0.05) is 6.92 Å². The predicted molar refractivity (Wildman–Crippen MR) is 68.2 cm³/mol. The Morgan fingerprint density at radius 3 is 1.80 bits per heavy atom. The highest BCUT2D eigenvalue weighted by molar-refractivity contribution is 5.87. The maximum atomic E-state index is 12.1. The SMILES string of the molecule is CCCN(CC(=O)NC)C(=O)N(CC(=O)O)CC(=O)O. The average Bonchev–Trinajstić information content (AvgIpc) is 2.35. The van der Waals surface area contributed by atoms with Crippen molar-refractivity contribution in [2.75, 3.05) is 33.2 Å². The number of nitrogens with one attached hydrogen (secondary N) is 1. The molecule has 3 N–H and O–H groups in total. The molecule has 0 aromatic rings. The number of carboxylic acid groups (broad SMARTS) is 2. The summed E-state index contributed by atoms with van der Waals surface area (Å²) in [5.74, 6) is -3.07. The van der Waals surface area contributed by atoms with Crippen LogP contribution < -0.4 is 5.32 Å². The number of hydrogen-bond donors (Lipinski definition) is 3. The third kappa shape index (κ3) is 6.57. The van der Waals surface area contributed by atoms with Crippen molar-refractivity contribution in [2.24, 2.45) is 0 Å². The summed E-state index contributed by atoms with van der Waals surface area (Å²) in [5, 5.41) is 19.7. The Kier molecular flexibility index (Phi) is 7.71. The van der Waals surface area contributed by atoms with Crippen LogP contribution in [0, 0.1) is 0 Å². The highest BCUT2D eigenvalue weighted by Crippen LogP contribution is 2.01. The van der Waals surface area contributed by atoms with E-state index in [4.69, 9.17) is 10.2 Å². The third-order valence-corrected chi connectivity index (χ3v) is 2.30. The van der Waals surface area contributed by atoms with Gasteiger partial charge in [0.25, 0.3) is 0 Å². The number of hydrogen-bond acceptors (Lipinski definition) is 4. The first kappa shape index (κ1) is 17.7. The summed E-state index contributed by atoms with van der Waals surface area (Å²) in [6.45, 7) is 0.280. The molecule has 0 radical (unpaired) electrons. The monoisotopic (exact) mass is 289 g/mol. The van der Waals surface area contributed by atoms with Crippen molar-refractivity contribution in [2.45, 2.75) is 13.3 Å². The van der Waals surface area contributed by atoms with Crippen LogP contribution in [-0.4, -0.2) is 77.1 Å². The average molecular weight is 289 g/mol. The second kappa shape index (κ2) is 8.73. The van der Waals surface area contributed by atoms with Gasteiger partial charge in [-0.05, 0) is 6.42 Å². The summed E-state index contributed by atoms with van der Waals surface area (Å²) >= 11 is 0. The summed E-state index contributed by atoms with van der Waals surface area (Å²) in [5.41, 5.74) is 0. The van der Waals surface area contributed by atoms with Crippen molar-refractivity contribution in [3.8, 4) is 0 Å². The van der Waals surface area contributed by atoms with Gasteiger partial charge in [0.2, 0.25) is 5.91 Å². The van der Waals surface area contributed by atoms with Crippen LogP contribution in [0.15, 0.2) is 0 Å². The molecule has 0 unspecified atom stereocenters. The van der Waals surface area contributed by atoms with Crippen LogP contribution in [0.4, 0.5) is 4.79 Å². The molecule has 9 heteroatoms. The molecule has 9 nitrogen and oxygen atoms in total. The summed E-state index contributed by atoms with van der Waals surface area (Å²) in [4.78, 5) is 46.5. The van der Waals surface area contributed by atoms with E-state index in [1.165, 1.54) is 7.05 Å². The minimum Gasteiger partial charge on any atom is -0.480 e. The fraction of sp³-hybridized carbons (Fsp3) is 0.636. The van der Waals surface area contributed by atoms with E-state index in [0.29, 0.717) is 11.3 Å². The Morgan fingerprint density at radius 1 is 0.950 bits per heavy atom. The molecule has 0 aliphatic carbocycles. The first-order valence-electron chi connectivity index (χ1n) is 5.99. The Labute approximate surface area is 116 Å². The van der Waals surface area contributed by atoms with Crippen molar-refractivity contribution >= 4 is 23.9 Å². The van der Waals surface area contributed by atoms with E-state index < -0.39 is 37.0 Å². The van der Waals surface area contributed by atoms with Crippen LogP contribution in [-0.2, 0) is 14.4 Å². The molecule has 0 saturated heterocycles. The van der Waals surface area contributed by atoms with Crippen LogP contribution in [0.5, 0.6) is 0 Å². The molecule has 0 aliphatic heterocycles. The van der Waals surface area contributed by atoms with Gasteiger partial charge in [-0.3, -0.25) is 14.4 Å². The predicted octanol–water partition coefficient (Wildman–Crippen LogP) is -0.964. The summed E-state index contributed by atoms with van der Waals surface area (Å²) < 4.78 is 0. The van der Waals surface area contributed by atoms with Crippen LogP contribution in [0.1, 0.15) is 13.3 Å². The van der Waals surface area contributed by atoms with Gasteiger partial charge in [0.05, 0.1) is 0 Å². The lowest BCUT2D eigenvalue weighted by atomic mass is 10.4. The first-order valence-corrected chi connectivity index (χ1v) is 5.99. The Hall–Kier alpha value is -2.32. The normalized spacial score (nSPS) is 9.70. The number of urea groups is 1. The molecule has 0 spiro atoms. The molecular formula is C11H19N3O6. The van der Waals surface area contributed by atoms with Gasteiger partial charge in [0, 0.05) is 13.6 Å². The van der Waals surface area contributed by atoms with E-state index in [0.717, 1.165) is 4.90 Å². The van der Waals surface area contributed by atoms with Gasteiger partial charge < -0.3 is 25.3 Å². The highest BCUT2D eigenvalue weighted by Gasteiger charge is 2.25. The van der Waals surface area contributed by atoms with Crippen LogP contribution in [0.2, 0.25) is 0 Å². The maximum Gasteiger partial charge on any atom is 0.323 e. The van der Waals surface area contributed by atoms with E-state index in [9.17, 15) is 19.2 Å². The van der Waals surface area contributed by atoms with E-state index >= 15 is 0 Å². The number of carbonyl (C=O) groups excluding carboxylic acids is 2. The lowest BCUT2D eigenvalue weighted by molar-refractivity contribution is -0.140. The number of nitrogens with zero attached hydrogens (tertiary/aromatic N) is 2. The molecule has 20 heavy (non-hydrogen) atoms. The summed E-state index contributed by atoms with van der Waals surface area (Å²) in [7, 11) is 1.41. The number of amides is 3. The van der Waals surface area contributed by atoms with E-state index in [1.807, 2.05) is 0 Å². The molecule has 0 rings (SSSR count). The van der Waals surface area contributed by atoms with Gasteiger partial charge in [-0.25, -0.2) is 4.79 Å². The smallest absolute Gasteiger partial charge is 0.323 e. The number of rotatable bonds is 8. The fourth-order valence-electron chi connectivity index (χ4n) is 1.48. The van der Waals surface area contributed by atoms with E-state index in [1.54, 1.807) is 6.92 Å². The lowest BCUT2D eigenvalue weighted by Crippen LogP contribution is -2.50.